The molecule has 19 heavy (non-hydrogen) atoms. The van der Waals surface area contributed by atoms with Gasteiger partial charge in [0.15, 0.2) is 5.13 Å². The van der Waals surface area contributed by atoms with Gasteiger partial charge in [-0.25, -0.2) is 4.98 Å². The predicted octanol–water partition coefficient (Wildman–Crippen LogP) is 2.16. The number of nitrogens with zero attached hydrogens (tertiary/aromatic N) is 3. The van der Waals surface area contributed by atoms with E-state index in [2.05, 4.69) is 9.80 Å². The van der Waals surface area contributed by atoms with Gasteiger partial charge in [-0.2, -0.15) is 0 Å². The highest BCUT2D eigenvalue weighted by atomic mass is 32.1. The molecule has 2 aromatic rings. The maximum atomic E-state index is 5.86. The van der Waals surface area contributed by atoms with Gasteiger partial charge in [-0.3, -0.25) is 0 Å². The van der Waals surface area contributed by atoms with Crippen LogP contribution in [0.3, 0.4) is 0 Å². The normalized spacial score (nSPS) is 26.8. The lowest BCUT2D eigenvalue weighted by molar-refractivity contribution is 0.250. The lowest BCUT2D eigenvalue weighted by Gasteiger charge is -2.31. The minimum Gasteiger partial charge on any atom is -0.399 e. The van der Waals surface area contributed by atoms with E-state index in [-0.39, 0.29) is 0 Å². The van der Waals surface area contributed by atoms with E-state index in [1.165, 1.54) is 42.3 Å². The molecule has 0 atom stereocenters. The topological polar surface area (TPSA) is 45.4 Å². The van der Waals surface area contributed by atoms with Gasteiger partial charge in [0.1, 0.15) is 0 Å². The molecule has 5 rings (SSSR count). The molecule has 2 N–H and O–H groups in total. The average molecular weight is 274 g/mol. The second-order valence-electron chi connectivity index (χ2n) is 5.49. The first-order chi connectivity index (χ1) is 9.29. The second-order valence-corrected chi connectivity index (χ2v) is 6.50. The molecule has 0 unspecified atom stereocenters. The monoisotopic (exact) mass is 274 g/mol. The van der Waals surface area contributed by atoms with E-state index in [1.807, 2.05) is 18.2 Å². The van der Waals surface area contributed by atoms with Crippen LogP contribution in [0.15, 0.2) is 18.2 Å². The molecule has 4 nitrogen and oxygen atoms in total. The molecule has 3 saturated heterocycles. The lowest BCUT2D eigenvalue weighted by Crippen LogP contribution is -2.37. The van der Waals surface area contributed by atoms with Crippen molar-refractivity contribution in [3.05, 3.63) is 18.2 Å². The minimum atomic E-state index is 0.677. The van der Waals surface area contributed by atoms with Crippen molar-refractivity contribution in [2.75, 3.05) is 36.8 Å². The van der Waals surface area contributed by atoms with Crippen LogP contribution in [0.25, 0.3) is 10.2 Å². The molecule has 0 saturated carbocycles. The summed E-state index contributed by atoms with van der Waals surface area (Å²) in [4.78, 5) is 9.90. The van der Waals surface area contributed by atoms with Crippen LogP contribution in [0.5, 0.6) is 0 Å². The molecule has 3 aliphatic rings. The van der Waals surface area contributed by atoms with Crippen LogP contribution in [0.2, 0.25) is 0 Å². The van der Waals surface area contributed by atoms with Crippen molar-refractivity contribution >= 4 is 32.4 Å². The first-order valence-corrected chi connectivity index (χ1v) is 7.76. The second kappa shape index (κ2) is 4.35. The lowest BCUT2D eigenvalue weighted by atomic mass is 10.1. The van der Waals surface area contributed by atoms with E-state index in [1.54, 1.807) is 11.3 Å². The molecule has 5 heteroatoms. The zero-order valence-corrected chi connectivity index (χ0v) is 11.7. The fourth-order valence-electron chi connectivity index (χ4n) is 3.19. The largest absolute Gasteiger partial charge is 0.399 e. The summed E-state index contributed by atoms with van der Waals surface area (Å²) >= 11 is 1.78. The van der Waals surface area contributed by atoms with Crippen molar-refractivity contribution in [2.24, 2.45) is 0 Å². The Kier molecular flexibility index (Phi) is 2.63. The molecular weight excluding hydrogens is 256 g/mol. The van der Waals surface area contributed by atoms with E-state index in [0.29, 0.717) is 6.04 Å². The first-order valence-electron chi connectivity index (χ1n) is 6.95. The highest BCUT2D eigenvalue weighted by Crippen LogP contribution is 2.34. The summed E-state index contributed by atoms with van der Waals surface area (Å²) in [5, 5.41) is 1.18. The van der Waals surface area contributed by atoms with Gasteiger partial charge in [-0.15, -0.1) is 0 Å². The van der Waals surface area contributed by atoms with Gasteiger partial charge in [0, 0.05) is 37.9 Å². The van der Waals surface area contributed by atoms with Gasteiger partial charge >= 0.3 is 0 Å². The standard InChI is InChI=1S/C14H18N4S/c15-10-1-2-12-13(9-10)19-14(16-12)18-8-7-17-5-3-11(18)4-6-17/h1-2,9,11H,3-8,15H2. The fourth-order valence-corrected chi connectivity index (χ4v) is 4.30. The number of aromatic nitrogens is 1. The van der Waals surface area contributed by atoms with E-state index < -0.39 is 0 Å². The number of nitrogen functional groups attached to an aromatic ring is 1. The number of hydrogen-bond donors (Lipinski definition) is 1. The number of rotatable bonds is 1. The van der Waals surface area contributed by atoms with Crippen LogP contribution in [0.1, 0.15) is 12.8 Å². The van der Waals surface area contributed by atoms with Crippen molar-refractivity contribution in [1.82, 2.24) is 9.88 Å². The van der Waals surface area contributed by atoms with Crippen molar-refractivity contribution < 1.29 is 0 Å². The number of benzene rings is 1. The number of piperidine rings is 1. The summed E-state index contributed by atoms with van der Waals surface area (Å²) in [6, 6.07) is 6.68. The summed E-state index contributed by atoms with van der Waals surface area (Å²) < 4.78 is 1.20. The van der Waals surface area contributed by atoms with Gasteiger partial charge in [-0.1, -0.05) is 11.3 Å². The Hall–Kier alpha value is -1.33. The SMILES string of the molecule is Nc1ccc2nc(N3CCN4CCC3CC4)sc2c1. The van der Waals surface area contributed by atoms with Crippen molar-refractivity contribution in [2.45, 2.75) is 18.9 Å². The van der Waals surface area contributed by atoms with E-state index in [9.17, 15) is 0 Å². The molecule has 100 valence electrons. The van der Waals surface area contributed by atoms with Crippen molar-refractivity contribution in [3.63, 3.8) is 0 Å². The third kappa shape index (κ3) is 1.97. The van der Waals surface area contributed by atoms with Gasteiger partial charge in [0.2, 0.25) is 0 Å². The molecular formula is C14H18N4S. The molecule has 0 radical (unpaired) electrons. The Morgan fingerprint density at radius 3 is 2.84 bits per heavy atom. The highest BCUT2D eigenvalue weighted by molar-refractivity contribution is 7.22. The molecule has 0 amide bonds. The number of hydrogen-bond acceptors (Lipinski definition) is 5. The Morgan fingerprint density at radius 1 is 1.16 bits per heavy atom. The third-order valence-corrected chi connectivity index (χ3v) is 5.36. The molecule has 4 heterocycles. The molecule has 1 aromatic carbocycles. The number of thiazole rings is 1. The third-order valence-electron chi connectivity index (χ3n) is 4.30. The Labute approximate surface area is 116 Å². The minimum absolute atomic E-state index is 0.677. The molecule has 2 bridgehead atoms. The van der Waals surface area contributed by atoms with Crippen LogP contribution in [0, 0.1) is 0 Å². The molecule has 3 fully saturated rings. The molecule has 0 spiro atoms. The maximum absolute atomic E-state index is 5.86. The van der Waals surface area contributed by atoms with E-state index in [0.717, 1.165) is 17.7 Å². The summed E-state index contributed by atoms with van der Waals surface area (Å²) in [6.45, 7) is 4.78. The predicted molar refractivity (Wildman–Crippen MR) is 80.8 cm³/mol. The zero-order valence-electron chi connectivity index (χ0n) is 10.9. The molecule has 0 aliphatic carbocycles. The number of fused-ring (bicyclic) bond motifs is 5. The van der Waals surface area contributed by atoms with Gasteiger partial charge in [0.25, 0.3) is 0 Å². The maximum Gasteiger partial charge on any atom is 0.186 e. The Balaban J connectivity index is 1.72. The quantitative estimate of drug-likeness (QED) is 0.810. The Morgan fingerprint density at radius 2 is 2.00 bits per heavy atom. The van der Waals surface area contributed by atoms with E-state index in [4.69, 9.17) is 10.7 Å². The number of nitrogens with two attached hydrogens (primary N) is 1. The van der Waals surface area contributed by atoms with Crippen LogP contribution < -0.4 is 10.6 Å². The summed E-state index contributed by atoms with van der Waals surface area (Å²) in [5.41, 5.74) is 7.76. The number of anilines is 2. The van der Waals surface area contributed by atoms with Gasteiger partial charge in [0.05, 0.1) is 10.2 Å². The average Bonchev–Trinajstić information content (AvgIpc) is 2.61. The van der Waals surface area contributed by atoms with Gasteiger partial charge in [-0.05, 0) is 31.0 Å². The molecule has 1 aromatic heterocycles. The van der Waals surface area contributed by atoms with Crippen molar-refractivity contribution in [1.29, 1.82) is 0 Å². The summed E-state index contributed by atoms with van der Waals surface area (Å²) in [5.74, 6) is 0. The summed E-state index contributed by atoms with van der Waals surface area (Å²) in [7, 11) is 0. The fraction of sp³-hybridized carbons (Fsp3) is 0.500. The van der Waals surface area contributed by atoms with E-state index >= 15 is 0 Å². The van der Waals surface area contributed by atoms with Gasteiger partial charge < -0.3 is 15.5 Å². The van der Waals surface area contributed by atoms with Crippen LogP contribution in [0.4, 0.5) is 10.8 Å². The first kappa shape index (κ1) is 11.5. The summed E-state index contributed by atoms with van der Waals surface area (Å²) in [6.07, 6.45) is 2.55. The highest BCUT2D eigenvalue weighted by Gasteiger charge is 2.30. The van der Waals surface area contributed by atoms with Crippen LogP contribution >= 0.6 is 11.3 Å². The molecule has 3 aliphatic heterocycles. The van der Waals surface area contributed by atoms with Crippen molar-refractivity contribution in [3.8, 4) is 0 Å². The zero-order chi connectivity index (χ0) is 12.8. The van der Waals surface area contributed by atoms with Crippen LogP contribution in [-0.2, 0) is 0 Å². The Bertz CT molecular complexity index is 601. The van der Waals surface area contributed by atoms with Crippen LogP contribution in [-0.4, -0.2) is 42.1 Å². The smallest absolute Gasteiger partial charge is 0.186 e.